The predicted molar refractivity (Wildman–Crippen MR) is 84.5 cm³/mol. The third-order valence-electron chi connectivity index (χ3n) is 4.19. The van der Waals surface area contributed by atoms with Crippen LogP contribution in [-0.4, -0.2) is 44.2 Å². The number of fused-ring (bicyclic) bond motifs is 1. The van der Waals surface area contributed by atoms with Crippen LogP contribution in [0.1, 0.15) is 38.2 Å². The molecular formula is C17H28N2O. The monoisotopic (exact) mass is 276 g/mol. The molecule has 1 aromatic rings. The second-order valence-corrected chi connectivity index (χ2v) is 6.03. The molecule has 0 saturated carbocycles. The molecule has 1 heterocycles. The van der Waals surface area contributed by atoms with Crippen molar-refractivity contribution in [1.82, 2.24) is 10.2 Å². The zero-order chi connectivity index (χ0) is 14.4. The zero-order valence-electron chi connectivity index (χ0n) is 13.1. The first-order chi connectivity index (χ1) is 9.68. The van der Waals surface area contributed by atoms with Gasteiger partial charge in [-0.1, -0.05) is 18.2 Å². The van der Waals surface area contributed by atoms with E-state index in [1.165, 1.54) is 24.9 Å². The van der Waals surface area contributed by atoms with Crippen LogP contribution in [0, 0.1) is 0 Å². The smallest absolute Gasteiger partial charge is 0.122 e. The molecule has 3 nitrogen and oxygen atoms in total. The molecule has 3 heteroatoms. The van der Waals surface area contributed by atoms with Gasteiger partial charge in [0.15, 0.2) is 0 Å². The molecule has 1 aliphatic rings. The van der Waals surface area contributed by atoms with Crippen LogP contribution < -0.4 is 10.1 Å². The van der Waals surface area contributed by atoms with E-state index in [0.29, 0.717) is 12.0 Å². The minimum absolute atomic E-state index is 0.518. The van der Waals surface area contributed by atoms with Gasteiger partial charge in [-0.15, -0.1) is 0 Å². The van der Waals surface area contributed by atoms with Crippen molar-refractivity contribution in [1.29, 1.82) is 0 Å². The Morgan fingerprint density at radius 2 is 2.10 bits per heavy atom. The van der Waals surface area contributed by atoms with Crippen molar-refractivity contribution in [3.8, 4) is 5.75 Å². The maximum absolute atomic E-state index is 5.70. The van der Waals surface area contributed by atoms with Gasteiger partial charge < -0.3 is 15.0 Å². The second-order valence-electron chi connectivity index (χ2n) is 6.03. The van der Waals surface area contributed by atoms with Crippen LogP contribution >= 0.6 is 0 Å². The first-order valence-corrected chi connectivity index (χ1v) is 7.81. The topological polar surface area (TPSA) is 24.5 Å². The van der Waals surface area contributed by atoms with Crippen LogP contribution in [0.25, 0.3) is 0 Å². The lowest BCUT2D eigenvalue weighted by atomic mass is 10.0. The summed E-state index contributed by atoms with van der Waals surface area (Å²) in [6, 6.07) is 9.04. The number of unbranched alkanes of at least 4 members (excludes halogenated alkanes) is 1. The minimum atomic E-state index is 0.518. The average Bonchev–Trinajstić information content (AvgIpc) is 2.85. The number of nitrogens with one attached hydrogen (secondary N) is 1. The van der Waals surface area contributed by atoms with Crippen molar-refractivity contribution in [3.63, 3.8) is 0 Å². The maximum atomic E-state index is 5.70. The highest BCUT2D eigenvalue weighted by Gasteiger charge is 2.22. The fourth-order valence-corrected chi connectivity index (χ4v) is 2.54. The lowest BCUT2D eigenvalue weighted by Gasteiger charge is -2.20. The van der Waals surface area contributed by atoms with Crippen molar-refractivity contribution >= 4 is 0 Å². The Morgan fingerprint density at radius 1 is 1.30 bits per heavy atom. The number of ether oxygens (including phenoxy) is 1. The molecule has 0 fully saturated rings. The molecule has 2 rings (SSSR count). The normalized spacial score (nSPS) is 17.6. The molecule has 20 heavy (non-hydrogen) atoms. The summed E-state index contributed by atoms with van der Waals surface area (Å²) in [5.74, 6) is 1.59. The fourth-order valence-electron chi connectivity index (χ4n) is 2.54. The van der Waals surface area contributed by atoms with Gasteiger partial charge in [0.1, 0.15) is 5.75 Å². The average molecular weight is 276 g/mol. The van der Waals surface area contributed by atoms with Gasteiger partial charge in [0.05, 0.1) is 6.61 Å². The molecule has 1 N–H and O–H groups in total. The molecule has 0 radical (unpaired) electrons. The standard InChI is InChI=1S/C17H28N2O/c1-14(2)19(3)11-7-6-10-18-12-15-13-20-17-9-5-4-8-16(15)17/h4-5,8-9,14-15,18H,6-7,10-13H2,1-3H3. The number of rotatable bonds is 8. The quantitative estimate of drug-likeness (QED) is 0.739. The zero-order valence-corrected chi connectivity index (χ0v) is 13.1. The van der Waals surface area contributed by atoms with Gasteiger partial charge in [0.25, 0.3) is 0 Å². The maximum Gasteiger partial charge on any atom is 0.122 e. The molecule has 0 aromatic heterocycles. The van der Waals surface area contributed by atoms with Crippen LogP contribution in [0.4, 0.5) is 0 Å². The molecule has 1 atom stereocenters. The molecule has 0 saturated heterocycles. The predicted octanol–water partition coefficient (Wildman–Crippen LogP) is 2.87. The first kappa shape index (κ1) is 15.3. The van der Waals surface area contributed by atoms with E-state index in [9.17, 15) is 0 Å². The van der Waals surface area contributed by atoms with E-state index in [1.54, 1.807) is 0 Å². The molecule has 0 bridgehead atoms. The van der Waals surface area contributed by atoms with Gasteiger partial charge >= 0.3 is 0 Å². The molecule has 0 spiro atoms. The van der Waals surface area contributed by atoms with Crippen molar-refractivity contribution in [2.24, 2.45) is 0 Å². The van der Waals surface area contributed by atoms with Gasteiger partial charge in [-0.3, -0.25) is 0 Å². The summed E-state index contributed by atoms with van der Waals surface area (Å²) in [5.41, 5.74) is 1.36. The van der Waals surface area contributed by atoms with E-state index in [-0.39, 0.29) is 0 Å². The highest BCUT2D eigenvalue weighted by molar-refractivity contribution is 5.39. The Balaban J connectivity index is 1.59. The Morgan fingerprint density at radius 3 is 2.90 bits per heavy atom. The van der Waals surface area contributed by atoms with E-state index >= 15 is 0 Å². The minimum Gasteiger partial charge on any atom is -0.493 e. The molecular weight excluding hydrogens is 248 g/mol. The molecule has 0 aliphatic carbocycles. The number of benzene rings is 1. The van der Waals surface area contributed by atoms with Crippen molar-refractivity contribution < 1.29 is 4.74 Å². The summed E-state index contributed by atoms with van der Waals surface area (Å²) < 4.78 is 5.70. The van der Waals surface area contributed by atoms with Crippen molar-refractivity contribution in [2.45, 2.75) is 38.6 Å². The molecule has 0 amide bonds. The summed E-state index contributed by atoms with van der Waals surface area (Å²) in [6.45, 7) is 8.63. The van der Waals surface area contributed by atoms with Crippen LogP contribution in [0.2, 0.25) is 0 Å². The van der Waals surface area contributed by atoms with E-state index in [4.69, 9.17) is 4.74 Å². The Labute approximate surface area is 123 Å². The Kier molecular flexibility index (Phi) is 5.86. The van der Waals surface area contributed by atoms with Crippen LogP contribution in [-0.2, 0) is 0 Å². The number of para-hydroxylation sites is 1. The summed E-state index contributed by atoms with van der Waals surface area (Å²) in [6.07, 6.45) is 2.51. The number of hydrogen-bond acceptors (Lipinski definition) is 3. The Bertz CT molecular complexity index is 406. The lowest BCUT2D eigenvalue weighted by molar-refractivity contribution is 0.267. The summed E-state index contributed by atoms with van der Waals surface area (Å²) in [7, 11) is 2.20. The number of nitrogens with zero attached hydrogens (tertiary/aromatic N) is 1. The number of hydrogen-bond donors (Lipinski definition) is 1. The molecule has 112 valence electrons. The van der Waals surface area contributed by atoms with Crippen LogP contribution in [0.3, 0.4) is 0 Å². The second kappa shape index (κ2) is 7.65. The summed E-state index contributed by atoms with van der Waals surface area (Å²) in [4.78, 5) is 2.40. The van der Waals surface area contributed by atoms with Gasteiger partial charge in [-0.2, -0.15) is 0 Å². The van der Waals surface area contributed by atoms with E-state index in [1.807, 2.05) is 6.07 Å². The lowest BCUT2D eigenvalue weighted by Crippen LogP contribution is -2.28. The van der Waals surface area contributed by atoms with Crippen LogP contribution in [0.15, 0.2) is 24.3 Å². The summed E-state index contributed by atoms with van der Waals surface area (Å²) in [5, 5.41) is 3.57. The SMILES string of the molecule is CC(C)N(C)CCCCNCC1COc2ccccc21. The third-order valence-corrected chi connectivity index (χ3v) is 4.19. The van der Waals surface area contributed by atoms with Gasteiger partial charge in [-0.25, -0.2) is 0 Å². The molecule has 1 unspecified atom stereocenters. The van der Waals surface area contributed by atoms with Gasteiger partial charge in [0.2, 0.25) is 0 Å². The largest absolute Gasteiger partial charge is 0.493 e. The van der Waals surface area contributed by atoms with E-state index in [0.717, 1.165) is 25.4 Å². The van der Waals surface area contributed by atoms with Gasteiger partial charge in [-0.05, 0) is 52.9 Å². The van der Waals surface area contributed by atoms with Gasteiger partial charge in [0, 0.05) is 24.1 Å². The highest BCUT2D eigenvalue weighted by Crippen LogP contribution is 2.32. The summed E-state index contributed by atoms with van der Waals surface area (Å²) >= 11 is 0. The fraction of sp³-hybridized carbons (Fsp3) is 0.647. The first-order valence-electron chi connectivity index (χ1n) is 7.81. The molecule has 1 aromatic carbocycles. The van der Waals surface area contributed by atoms with E-state index in [2.05, 4.69) is 49.3 Å². The van der Waals surface area contributed by atoms with Crippen molar-refractivity contribution in [3.05, 3.63) is 29.8 Å². The molecule has 1 aliphatic heterocycles. The third kappa shape index (κ3) is 4.22. The van der Waals surface area contributed by atoms with E-state index < -0.39 is 0 Å². The Hall–Kier alpha value is -1.06. The van der Waals surface area contributed by atoms with Crippen LogP contribution in [0.5, 0.6) is 5.75 Å². The van der Waals surface area contributed by atoms with Crippen molar-refractivity contribution in [2.75, 3.05) is 33.3 Å². The highest BCUT2D eigenvalue weighted by atomic mass is 16.5.